The summed E-state index contributed by atoms with van der Waals surface area (Å²) in [6.45, 7) is 4.89. The van der Waals surface area contributed by atoms with E-state index in [1.165, 1.54) is 26.0 Å². The van der Waals surface area contributed by atoms with Crippen molar-refractivity contribution < 1.29 is 31.0 Å². The number of rotatable bonds is 10. The minimum absolute atomic E-state index is 0.0900. The zero-order valence-corrected chi connectivity index (χ0v) is 25.2. The standard InChI is InChI=1S/C14H15ClN2O3S.C14H16N2O4S/c1-10(18)16-8-9-17-13-6-2-5-12-11(13)4-3-7-14(12)21(15,19)20;1-10(17)15-8-9-16-13-6-2-5-12-11(13)4-3-7-14(12)21(18,19)20/h2-7,17H,8-9H2,1H3,(H,16,18);2-7,16H,8-9H2,1H3,(H,15,17)(H,18,19,20). The van der Waals surface area contributed by atoms with Crippen molar-refractivity contribution >= 4 is 74.6 Å². The number of fused-ring (bicyclic) bond motifs is 2. The quantitative estimate of drug-likeness (QED) is 0.0984. The summed E-state index contributed by atoms with van der Waals surface area (Å²) in [6.07, 6.45) is 0. The third kappa shape index (κ3) is 9.05. The SMILES string of the molecule is CC(=O)NCCNc1cccc2c(S(=O)(=O)Cl)cccc12.CC(=O)NCCNc1cccc2c(S(=O)(=O)O)cccc12. The lowest BCUT2D eigenvalue weighted by Crippen LogP contribution is -2.26. The highest BCUT2D eigenvalue weighted by Crippen LogP contribution is 2.30. The van der Waals surface area contributed by atoms with Crippen molar-refractivity contribution in [3.63, 3.8) is 0 Å². The van der Waals surface area contributed by atoms with Crippen LogP contribution in [0.2, 0.25) is 0 Å². The Morgan fingerprint density at radius 2 is 1.00 bits per heavy atom. The van der Waals surface area contributed by atoms with Gasteiger partial charge in [-0.05, 0) is 24.3 Å². The summed E-state index contributed by atoms with van der Waals surface area (Å²) in [4.78, 5) is 21.6. The van der Waals surface area contributed by atoms with E-state index in [0.717, 1.165) is 16.8 Å². The van der Waals surface area contributed by atoms with E-state index in [-0.39, 0.29) is 21.6 Å². The number of carbonyl (C=O) groups is 2. The number of hydrogen-bond acceptors (Lipinski definition) is 8. The summed E-state index contributed by atoms with van der Waals surface area (Å²) in [6, 6.07) is 20.1. The monoisotopic (exact) mass is 634 g/mol. The molecule has 0 saturated carbocycles. The highest BCUT2D eigenvalue weighted by molar-refractivity contribution is 8.14. The first-order valence-corrected chi connectivity index (χ1v) is 16.5. The van der Waals surface area contributed by atoms with Crippen LogP contribution in [0.5, 0.6) is 0 Å². The van der Waals surface area contributed by atoms with Gasteiger partial charge in [-0.15, -0.1) is 0 Å². The number of anilines is 2. The summed E-state index contributed by atoms with van der Waals surface area (Å²) in [5.41, 5.74) is 1.53. The van der Waals surface area contributed by atoms with Crippen LogP contribution < -0.4 is 21.3 Å². The van der Waals surface area contributed by atoms with E-state index < -0.39 is 19.2 Å². The fourth-order valence-electron chi connectivity index (χ4n) is 4.18. The van der Waals surface area contributed by atoms with Crippen LogP contribution in [0.3, 0.4) is 0 Å². The Bertz CT molecular complexity index is 1680. The molecular weight excluding hydrogens is 604 g/mol. The molecule has 42 heavy (non-hydrogen) atoms. The van der Waals surface area contributed by atoms with Crippen molar-refractivity contribution in [1.82, 2.24) is 10.6 Å². The molecule has 0 heterocycles. The van der Waals surface area contributed by atoms with E-state index in [1.54, 1.807) is 42.5 Å². The molecule has 0 radical (unpaired) electrons. The molecule has 2 amide bonds. The van der Waals surface area contributed by atoms with Crippen molar-refractivity contribution in [3.05, 3.63) is 72.8 Å². The number of halogens is 1. The van der Waals surface area contributed by atoms with Crippen molar-refractivity contribution in [3.8, 4) is 0 Å². The molecule has 0 aliphatic carbocycles. The first-order valence-electron chi connectivity index (χ1n) is 12.7. The number of benzene rings is 4. The van der Waals surface area contributed by atoms with E-state index in [0.29, 0.717) is 42.3 Å². The zero-order valence-electron chi connectivity index (χ0n) is 22.8. The number of amides is 2. The highest BCUT2D eigenvalue weighted by Gasteiger charge is 2.16. The van der Waals surface area contributed by atoms with Gasteiger partial charge in [0, 0.05) is 83.6 Å². The number of carbonyl (C=O) groups excluding carboxylic acids is 2. The average Bonchev–Trinajstić information content (AvgIpc) is 2.92. The van der Waals surface area contributed by atoms with E-state index in [4.69, 9.17) is 10.7 Å². The molecule has 4 aromatic rings. The molecule has 0 aromatic heterocycles. The van der Waals surface area contributed by atoms with Crippen LogP contribution in [-0.4, -0.2) is 59.4 Å². The summed E-state index contributed by atoms with van der Waals surface area (Å²) in [7, 11) is -2.61. The molecule has 0 bridgehead atoms. The molecule has 14 heteroatoms. The van der Waals surface area contributed by atoms with Crippen molar-refractivity contribution in [2.45, 2.75) is 23.6 Å². The molecule has 0 fully saturated rings. The van der Waals surface area contributed by atoms with E-state index in [1.807, 2.05) is 18.2 Å². The minimum Gasteiger partial charge on any atom is -0.383 e. The largest absolute Gasteiger partial charge is 0.383 e. The Hall–Kier alpha value is -3.91. The van der Waals surface area contributed by atoms with Gasteiger partial charge in [-0.3, -0.25) is 14.1 Å². The van der Waals surface area contributed by atoms with Crippen LogP contribution in [0.4, 0.5) is 11.4 Å². The van der Waals surface area contributed by atoms with E-state index >= 15 is 0 Å². The first-order chi connectivity index (χ1) is 19.8. The third-order valence-electron chi connectivity index (χ3n) is 5.93. The second kappa shape index (κ2) is 14.3. The fourth-order valence-corrected chi connectivity index (χ4v) is 5.97. The third-order valence-corrected chi connectivity index (χ3v) is 8.23. The molecule has 4 rings (SSSR count). The maximum atomic E-state index is 11.6. The van der Waals surface area contributed by atoms with E-state index in [2.05, 4.69) is 21.3 Å². The maximum Gasteiger partial charge on any atom is 0.295 e. The number of nitrogens with one attached hydrogen (secondary N) is 4. The molecule has 0 spiro atoms. The smallest absolute Gasteiger partial charge is 0.295 e. The van der Waals surface area contributed by atoms with Crippen LogP contribution in [-0.2, 0) is 28.8 Å². The second-order valence-electron chi connectivity index (χ2n) is 9.05. The summed E-state index contributed by atoms with van der Waals surface area (Å²) < 4.78 is 55.2. The van der Waals surface area contributed by atoms with Crippen molar-refractivity contribution in [1.29, 1.82) is 0 Å². The lowest BCUT2D eigenvalue weighted by atomic mass is 10.1. The molecule has 4 aromatic carbocycles. The predicted molar refractivity (Wildman–Crippen MR) is 165 cm³/mol. The lowest BCUT2D eigenvalue weighted by molar-refractivity contribution is -0.119. The predicted octanol–water partition coefficient (Wildman–Crippen LogP) is 3.95. The average molecular weight is 635 g/mol. The number of hydrogen-bond donors (Lipinski definition) is 5. The van der Waals surface area contributed by atoms with Gasteiger partial charge >= 0.3 is 0 Å². The Morgan fingerprint density at radius 1 is 0.619 bits per heavy atom. The minimum atomic E-state index is -4.27. The molecule has 0 aliphatic heterocycles. The van der Waals surface area contributed by atoms with Gasteiger partial charge in [0.25, 0.3) is 19.2 Å². The Balaban J connectivity index is 0.000000230. The van der Waals surface area contributed by atoms with Gasteiger partial charge in [0.05, 0.1) is 4.90 Å². The molecule has 0 atom stereocenters. The van der Waals surface area contributed by atoms with Gasteiger partial charge in [0.15, 0.2) is 0 Å². The molecule has 0 saturated heterocycles. The Morgan fingerprint density at radius 3 is 1.40 bits per heavy atom. The Labute approximate surface area is 248 Å². The normalized spacial score (nSPS) is 11.3. The van der Waals surface area contributed by atoms with Gasteiger partial charge in [-0.2, -0.15) is 8.42 Å². The van der Waals surface area contributed by atoms with Crippen LogP contribution >= 0.6 is 10.7 Å². The highest BCUT2D eigenvalue weighted by atomic mass is 35.7. The van der Waals surface area contributed by atoms with Crippen LogP contribution in [0.1, 0.15) is 13.8 Å². The molecule has 5 N–H and O–H groups in total. The maximum absolute atomic E-state index is 11.6. The van der Waals surface area contributed by atoms with E-state index in [9.17, 15) is 31.0 Å². The second-order valence-corrected chi connectivity index (χ2v) is 13.0. The van der Waals surface area contributed by atoms with Crippen molar-refractivity contribution in [2.75, 3.05) is 36.8 Å². The molecular formula is C28H31ClN4O7S2. The molecule has 0 unspecified atom stereocenters. The van der Waals surface area contributed by atoms with Gasteiger partial charge in [0.2, 0.25) is 11.8 Å². The van der Waals surface area contributed by atoms with Crippen LogP contribution in [0.15, 0.2) is 82.6 Å². The lowest BCUT2D eigenvalue weighted by Gasteiger charge is -2.11. The molecule has 0 aliphatic rings. The summed E-state index contributed by atoms with van der Waals surface area (Å²) in [5.74, 6) is -0.200. The summed E-state index contributed by atoms with van der Waals surface area (Å²) >= 11 is 0. The van der Waals surface area contributed by atoms with Crippen LogP contribution in [0.25, 0.3) is 21.5 Å². The van der Waals surface area contributed by atoms with Crippen LogP contribution in [0, 0.1) is 0 Å². The van der Waals surface area contributed by atoms with Gasteiger partial charge < -0.3 is 21.3 Å². The van der Waals surface area contributed by atoms with Gasteiger partial charge in [0.1, 0.15) is 4.90 Å². The van der Waals surface area contributed by atoms with Gasteiger partial charge in [-0.25, -0.2) is 8.42 Å². The fraction of sp³-hybridized carbons (Fsp3) is 0.214. The molecule has 224 valence electrons. The Kier molecular flexibility index (Phi) is 11.1. The first kappa shape index (κ1) is 32.6. The van der Waals surface area contributed by atoms with Crippen molar-refractivity contribution in [2.24, 2.45) is 0 Å². The summed E-state index contributed by atoms with van der Waals surface area (Å²) in [5, 5.41) is 14.1. The zero-order chi connectivity index (χ0) is 30.9. The van der Waals surface area contributed by atoms with Gasteiger partial charge in [-0.1, -0.05) is 48.5 Å². The topological polar surface area (TPSA) is 171 Å². The molecule has 11 nitrogen and oxygen atoms in total.